The van der Waals surface area contributed by atoms with Crippen LogP contribution in [0.5, 0.6) is 0 Å². The molecule has 0 fully saturated rings. The molecule has 0 amide bonds. The first kappa shape index (κ1) is 25.4. The summed E-state index contributed by atoms with van der Waals surface area (Å²) in [6.45, 7) is 7.95. The van der Waals surface area contributed by atoms with Crippen LogP contribution in [0.15, 0.2) is 60.7 Å². The van der Waals surface area contributed by atoms with Gasteiger partial charge in [0.15, 0.2) is 0 Å². The molecule has 0 spiro atoms. The van der Waals surface area contributed by atoms with Crippen molar-refractivity contribution in [1.29, 1.82) is 0 Å². The molecule has 0 radical (unpaired) electrons. The van der Waals surface area contributed by atoms with Crippen molar-refractivity contribution in [1.82, 2.24) is 0 Å². The Morgan fingerprint density at radius 2 is 1.26 bits per heavy atom. The quantitative estimate of drug-likeness (QED) is 0.203. The van der Waals surface area contributed by atoms with Gasteiger partial charge < -0.3 is 8.85 Å². The van der Waals surface area contributed by atoms with Crippen LogP contribution in [0, 0.1) is 17.8 Å². The molecule has 0 saturated heterocycles. The first-order valence-electron chi connectivity index (χ1n) is 12.0. The summed E-state index contributed by atoms with van der Waals surface area (Å²) in [6.07, 6.45) is 9.37. The van der Waals surface area contributed by atoms with E-state index in [2.05, 4.69) is 93.3 Å². The predicted octanol–water partition coefficient (Wildman–Crippen LogP) is 6.08. The van der Waals surface area contributed by atoms with Crippen molar-refractivity contribution >= 4 is 18.9 Å². The summed E-state index contributed by atoms with van der Waals surface area (Å²) in [5.74, 6) is 6.85. The Morgan fingerprint density at radius 1 is 0.710 bits per heavy atom. The Balaban J connectivity index is 1.95. The zero-order chi connectivity index (χ0) is 22.2. The van der Waals surface area contributed by atoms with Gasteiger partial charge in [-0.05, 0) is 29.1 Å². The third kappa shape index (κ3) is 9.03. The third-order valence-corrected chi connectivity index (χ3v) is 8.60. The van der Waals surface area contributed by atoms with Gasteiger partial charge in [0, 0.05) is 26.1 Å². The maximum atomic E-state index is 6.72. The lowest BCUT2D eigenvalue weighted by Gasteiger charge is -2.32. The molecule has 0 aliphatic rings. The van der Waals surface area contributed by atoms with Crippen LogP contribution in [0.2, 0.25) is 0 Å². The molecule has 0 bridgehead atoms. The van der Waals surface area contributed by atoms with Crippen molar-refractivity contribution in [3.63, 3.8) is 0 Å². The van der Waals surface area contributed by atoms with Gasteiger partial charge in [0.05, 0.1) is 0 Å². The van der Waals surface area contributed by atoms with Gasteiger partial charge in [-0.3, -0.25) is 0 Å². The summed E-state index contributed by atoms with van der Waals surface area (Å²) in [5, 5.41) is 2.38. The smallest absolute Gasteiger partial charge is 0.388 e. The third-order valence-electron chi connectivity index (χ3n) is 5.23. The van der Waals surface area contributed by atoms with Crippen LogP contribution in [0.1, 0.15) is 72.1 Å². The summed E-state index contributed by atoms with van der Waals surface area (Å²) >= 11 is 0. The average molecular weight is 437 g/mol. The van der Waals surface area contributed by atoms with Crippen molar-refractivity contribution in [3.8, 4) is 11.8 Å². The fourth-order valence-corrected chi connectivity index (χ4v) is 6.94. The van der Waals surface area contributed by atoms with E-state index in [0.29, 0.717) is 12.5 Å². The van der Waals surface area contributed by atoms with Crippen molar-refractivity contribution in [2.75, 3.05) is 13.2 Å². The second-order valence-corrected chi connectivity index (χ2v) is 11.4. The highest BCUT2D eigenvalue weighted by molar-refractivity contribution is 6.92. The van der Waals surface area contributed by atoms with Gasteiger partial charge in [0.25, 0.3) is 0 Å². The molecular weight excluding hydrogens is 396 g/mol. The minimum atomic E-state index is -2.72. The lowest BCUT2D eigenvalue weighted by molar-refractivity contribution is 0.170. The number of hydrogen-bond acceptors (Lipinski definition) is 2. The summed E-state index contributed by atoms with van der Waals surface area (Å²) in [5.41, 5.74) is 0. The summed E-state index contributed by atoms with van der Waals surface area (Å²) in [4.78, 5) is 0. The average Bonchev–Trinajstić information content (AvgIpc) is 2.80. The van der Waals surface area contributed by atoms with Crippen LogP contribution < -0.4 is 10.4 Å². The summed E-state index contributed by atoms with van der Waals surface area (Å²) in [7, 11) is -2.72. The van der Waals surface area contributed by atoms with E-state index < -0.39 is 8.56 Å². The molecule has 2 rings (SSSR count). The minimum Gasteiger partial charge on any atom is -0.388 e. The fourth-order valence-electron chi connectivity index (χ4n) is 3.59. The molecule has 0 aliphatic heterocycles. The van der Waals surface area contributed by atoms with Gasteiger partial charge in [0.1, 0.15) is 0 Å². The highest BCUT2D eigenvalue weighted by atomic mass is 28.4. The maximum Gasteiger partial charge on any atom is 0.407 e. The van der Waals surface area contributed by atoms with Crippen LogP contribution in [0.3, 0.4) is 0 Å². The van der Waals surface area contributed by atoms with Crippen LogP contribution in [-0.4, -0.2) is 21.8 Å². The molecule has 0 unspecified atom stereocenters. The van der Waals surface area contributed by atoms with E-state index >= 15 is 0 Å². The Labute approximate surface area is 191 Å². The number of rotatable bonds is 14. The predicted molar refractivity (Wildman–Crippen MR) is 135 cm³/mol. The molecule has 0 aliphatic carbocycles. The van der Waals surface area contributed by atoms with E-state index in [9.17, 15) is 0 Å². The molecule has 0 N–H and O–H groups in total. The van der Waals surface area contributed by atoms with Crippen LogP contribution >= 0.6 is 0 Å². The van der Waals surface area contributed by atoms with E-state index in [1.165, 1.54) is 42.5 Å². The first-order chi connectivity index (χ1) is 15.2. The second kappa shape index (κ2) is 15.0. The van der Waals surface area contributed by atoms with E-state index in [0.717, 1.165) is 25.9 Å². The zero-order valence-electron chi connectivity index (χ0n) is 19.7. The van der Waals surface area contributed by atoms with Gasteiger partial charge in [0.2, 0.25) is 0 Å². The second-order valence-electron chi connectivity index (χ2n) is 8.48. The van der Waals surface area contributed by atoms with Crippen LogP contribution in [0.4, 0.5) is 0 Å². The van der Waals surface area contributed by atoms with E-state index in [-0.39, 0.29) is 0 Å². The Morgan fingerprint density at radius 3 is 1.81 bits per heavy atom. The monoisotopic (exact) mass is 436 g/mol. The molecule has 2 aromatic carbocycles. The first-order valence-corrected chi connectivity index (χ1v) is 13.9. The highest BCUT2D eigenvalue weighted by Crippen LogP contribution is 2.14. The van der Waals surface area contributed by atoms with Gasteiger partial charge in [-0.1, -0.05) is 107 Å². The van der Waals surface area contributed by atoms with Gasteiger partial charge in [-0.25, -0.2) is 0 Å². The van der Waals surface area contributed by atoms with E-state index in [4.69, 9.17) is 8.85 Å². The summed E-state index contributed by atoms with van der Waals surface area (Å²) < 4.78 is 13.4. The Hall–Kier alpha value is -1.86. The normalized spacial score (nSPS) is 11.4. The van der Waals surface area contributed by atoms with Crippen LogP contribution in [0.25, 0.3) is 0 Å². The van der Waals surface area contributed by atoms with Crippen molar-refractivity contribution in [2.45, 2.75) is 72.1 Å². The fraction of sp³-hybridized carbons (Fsp3) is 0.500. The summed E-state index contributed by atoms with van der Waals surface area (Å²) in [6, 6.07) is 21.2. The molecule has 31 heavy (non-hydrogen) atoms. The van der Waals surface area contributed by atoms with E-state index in [1.807, 2.05) is 0 Å². The molecule has 168 valence electrons. The largest absolute Gasteiger partial charge is 0.407 e. The number of unbranched alkanes of at least 4 members (excludes halogenated alkanes) is 6. The number of hydrogen-bond donors (Lipinski definition) is 0. The Kier molecular flexibility index (Phi) is 12.3. The topological polar surface area (TPSA) is 18.5 Å². The molecule has 2 nitrogen and oxygen atoms in total. The highest BCUT2D eigenvalue weighted by Gasteiger charge is 2.42. The lowest BCUT2D eigenvalue weighted by Crippen LogP contribution is -2.63. The SMILES string of the molecule is CCC#CCCCCCCCCO[Si](OCC(C)C)(c1ccccc1)c1ccccc1. The molecule has 0 saturated carbocycles. The maximum absolute atomic E-state index is 6.72. The molecule has 3 heteroatoms. The van der Waals surface area contributed by atoms with Crippen molar-refractivity contribution in [3.05, 3.63) is 60.7 Å². The van der Waals surface area contributed by atoms with Gasteiger partial charge >= 0.3 is 8.56 Å². The molecule has 0 aromatic heterocycles. The van der Waals surface area contributed by atoms with Crippen molar-refractivity contribution < 1.29 is 8.85 Å². The molecule has 0 atom stereocenters. The van der Waals surface area contributed by atoms with Crippen molar-refractivity contribution in [2.24, 2.45) is 5.92 Å². The zero-order valence-corrected chi connectivity index (χ0v) is 20.7. The number of benzene rings is 2. The molecule has 0 heterocycles. The van der Waals surface area contributed by atoms with Gasteiger partial charge in [-0.2, -0.15) is 0 Å². The van der Waals surface area contributed by atoms with Gasteiger partial charge in [-0.15, -0.1) is 11.8 Å². The standard InChI is InChI=1S/C28H40O2Si/c1-4-5-6-7-8-9-10-11-12-19-24-29-31(30-25-26(2)3,27-20-15-13-16-21-27)28-22-17-14-18-23-28/h13-18,20-23,26H,4,7-12,19,24-25H2,1-3H3. The Bertz CT molecular complexity index is 722. The minimum absolute atomic E-state index is 0.463. The lowest BCUT2D eigenvalue weighted by atomic mass is 10.1. The molecule has 2 aromatic rings. The molecular formula is C28H40O2Si. The van der Waals surface area contributed by atoms with Crippen LogP contribution in [-0.2, 0) is 8.85 Å². The van der Waals surface area contributed by atoms with E-state index in [1.54, 1.807) is 0 Å².